The van der Waals surface area contributed by atoms with Crippen LogP contribution in [0.1, 0.15) is 29.9 Å². The van der Waals surface area contributed by atoms with Gasteiger partial charge in [-0.15, -0.1) is 0 Å². The molecule has 0 saturated carbocycles. The number of benzene rings is 1. The first-order chi connectivity index (χ1) is 11.0. The van der Waals surface area contributed by atoms with Crippen molar-refractivity contribution >= 4 is 18.8 Å². The van der Waals surface area contributed by atoms with Crippen LogP contribution in [0.25, 0.3) is 0 Å². The Morgan fingerprint density at radius 3 is 2.70 bits per heavy atom. The Balaban J connectivity index is 1.73. The minimum absolute atomic E-state index is 0.0233. The van der Waals surface area contributed by atoms with Crippen molar-refractivity contribution in [2.75, 3.05) is 18.0 Å². The van der Waals surface area contributed by atoms with E-state index in [0.717, 1.165) is 36.3 Å². The van der Waals surface area contributed by atoms with Gasteiger partial charge in [-0.25, -0.2) is 0 Å². The molecule has 0 amide bonds. The first-order valence-electron chi connectivity index (χ1n) is 8.18. The fourth-order valence-corrected chi connectivity index (χ4v) is 3.81. The number of hydrogen-bond donors (Lipinski definition) is 4. The third-order valence-corrected chi connectivity index (χ3v) is 4.99. The van der Waals surface area contributed by atoms with Gasteiger partial charge >= 0.3 is 13.1 Å². The van der Waals surface area contributed by atoms with E-state index in [1.165, 1.54) is 0 Å². The molecule has 2 aliphatic rings. The molecule has 124 valence electrons. The highest BCUT2D eigenvalue weighted by atomic mass is 16.4. The average Bonchev–Trinajstić information content (AvgIpc) is 2.80. The molecule has 1 aliphatic heterocycles. The lowest BCUT2D eigenvalue weighted by atomic mass is 9.80. The minimum atomic E-state index is -1.32. The molecule has 3 rings (SSSR count). The van der Waals surface area contributed by atoms with Gasteiger partial charge in [-0.2, -0.15) is 0 Å². The van der Waals surface area contributed by atoms with E-state index in [2.05, 4.69) is 11.0 Å². The summed E-state index contributed by atoms with van der Waals surface area (Å²) in [7, 11) is -1.32. The van der Waals surface area contributed by atoms with Crippen LogP contribution in [0, 0.1) is 5.92 Å². The molecule has 0 bridgehead atoms. The Morgan fingerprint density at radius 2 is 2.09 bits per heavy atom. The molecular weight excluding hydrogens is 295 g/mol. The summed E-state index contributed by atoms with van der Waals surface area (Å²) in [6.07, 6.45) is 2.33. The zero-order valence-corrected chi connectivity index (χ0v) is 13.1. The van der Waals surface area contributed by atoms with Crippen LogP contribution in [-0.4, -0.2) is 47.4 Å². The fraction of sp³-hybridized carbons (Fsp3) is 0.562. The standard InChI is InChI=1S/C16H23BN2O4/c18-12-8-19(9-12)13-3-4-14-11(7-13)6-10(15(14)16(20)21)2-1-5-17(22)23/h3-4,7,10,12,15,22-23H,1-2,5-6,8-9,18H2,(H,20,21)/t10-,15-/m0/s1. The molecule has 23 heavy (non-hydrogen) atoms. The highest BCUT2D eigenvalue weighted by Crippen LogP contribution is 2.42. The predicted octanol–water partition coefficient (Wildman–Crippen LogP) is 0.427. The summed E-state index contributed by atoms with van der Waals surface area (Å²) in [6.45, 7) is 1.69. The van der Waals surface area contributed by atoms with Crippen molar-refractivity contribution in [1.82, 2.24) is 0 Å². The molecule has 1 heterocycles. The van der Waals surface area contributed by atoms with E-state index >= 15 is 0 Å². The van der Waals surface area contributed by atoms with Crippen LogP contribution in [0.15, 0.2) is 18.2 Å². The van der Waals surface area contributed by atoms with Crippen LogP contribution < -0.4 is 10.6 Å². The van der Waals surface area contributed by atoms with E-state index in [-0.39, 0.29) is 18.3 Å². The van der Waals surface area contributed by atoms with E-state index in [1.807, 2.05) is 12.1 Å². The number of carboxylic acid groups (broad SMARTS) is 1. The number of carboxylic acids is 1. The van der Waals surface area contributed by atoms with Crippen molar-refractivity contribution in [3.63, 3.8) is 0 Å². The normalized spacial score (nSPS) is 23.5. The summed E-state index contributed by atoms with van der Waals surface area (Å²) >= 11 is 0. The summed E-state index contributed by atoms with van der Waals surface area (Å²) in [5.74, 6) is -1.26. The van der Waals surface area contributed by atoms with E-state index in [0.29, 0.717) is 12.8 Å². The van der Waals surface area contributed by atoms with Gasteiger partial charge in [-0.1, -0.05) is 12.5 Å². The maximum absolute atomic E-state index is 11.7. The predicted molar refractivity (Wildman–Crippen MR) is 88.4 cm³/mol. The van der Waals surface area contributed by atoms with Gasteiger partial charge < -0.3 is 25.8 Å². The number of fused-ring (bicyclic) bond motifs is 1. The van der Waals surface area contributed by atoms with Crippen molar-refractivity contribution < 1.29 is 19.9 Å². The van der Waals surface area contributed by atoms with Gasteiger partial charge in [0.2, 0.25) is 0 Å². The number of carbonyl (C=O) groups is 1. The Kier molecular flexibility index (Phi) is 4.61. The second kappa shape index (κ2) is 6.51. The fourth-order valence-electron chi connectivity index (χ4n) is 3.81. The monoisotopic (exact) mass is 318 g/mol. The van der Waals surface area contributed by atoms with Crippen LogP contribution in [-0.2, 0) is 11.2 Å². The Labute approximate surface area is 136 Å². The number of nitrogens with zero attached hydrogens (tertiary/aromatic N) is 1. The zero-order chi connectivity index (χ0) is 16.6. The van der Waals surface area contributed by atoms with Gasteiger partial charge in [0.1, 0.15) is 0 Å². The molecule has 5 N–H and O–H groups in total. The zero-order valence-electron chi connectivity index (χ0n) is 13.1. The highest BCUT2D eigenvalue weighted by molar-refractivity contribution is 6.40. The van der Waals surface area contributed by atoms with Gasteiger partial charge in [0.25, 0.3) is 0 Å². The van der Waals surface area contributed by atoms with E-state index in [9.17, 15) is 9.90 Å². The molecule has 0 radical (unpaired) electrons. The maximum Gasteiger partial charge on any atom is 0.451 e. The van der Waals surface area contributed by atoms with Crippen molar-refractivity contribution in [2.24, 2.45) is 11.7 Å². The number of nitrogens with two attached hydrogens (primary N) is 1. The van der Waals surface area contributed by atoms with Crippen molar-refractivity contribution in [3.05, 3.63) is 29.3 Å². The second-order valence-corrected chi connectivity index (χ2v) is 6.74. The molecule has 0 spiro atoms. The van der Waals surface area contributed by atoms with Crippen LogP contribution in [0.4, 0.5) is 5.69 Å². The molecule has 1 fully saturated rings. The van der Waals surface area contributed by atoms with Gasteiger partial charge in [0.05, 0.1) is 5.92 Å². The molecule has 0 unspecified atom stereocenters. The van der Waals surface area contributed by atoms with Crippen LogP contribution in [0.3, 0.4) is 0 Å². The molecule has 2 atom stereocenters. The van der Waals surface area contributed by atoms with Gasteiger partial charge in [-0.3, -0.25) is 4.79 Å². The van der Waals surface area contributed by atoms with E-state index in [1.54, 1.807) is 0 Å². The quantitative estimate of drug-likeness (QED) is 0.567. The average molecular weight is 318 g/mol. The Morgan fingerprint density at radius 1 is 1.35 bits per heavy atom. The molecule has 1 aromatic rings. The first-order valence-corrected chi connectivity index (χ1v) is 8.18. The first kappa shape index (κ1) is 16.3. The second-order valence-electron chi connectivity index (χ2n) is 6.74. The van der Waals surface area contributed by atoms with Gasteiger partial charge in [-0.05, 0) is 48.3 Å². The smallest absolute Gasteiger partial charge is 0.451 e. The van der Waals surface area contributed by atoms with Crippen LogP contribution in [0.2, 0.25) is 6.32 Å². The van der Waals surface area contributed by atoms with Crippen molar-refractivity contribution in [3.8, 4) is 0 Å². The summed E-state index contributed by atoms with van der Waals surface area (Å²) in [5.41, 5.74) is 8.94. The molecule has 7 heteroatoms. The third kappa shape index (κ3) is 3.36. The topological polar surface area (TPSA) is 107 Å². The number of rotatable bonds is 6. The molecule has 6 nitrogen and oxygen atoms in total. The third-order valence-electron chi connectivity index (χ3n) is 4.99. The minimum Gasteiger partial charge on any atom is -0.481 e. The maximum atomic E-state index is 11.7. The van der Waals surface area contributed by atoms with Gasteiger partial charge in [0.15, 0.2) is 0 Å². The van der Waals surface area contributed by atoms with Crippen LogP contribution >= 0.6 is 0 Å². The summed E-state index contributed by atoms with van der Waals surface area (Å²) < 4.78 is 0. The lowest BCUT2D eigenvalue weighted by molar-refractivity contribution is -0.139. The number of anilines is 1. The van der Waals surface area contributed by atoms with Crippen molar-refractivity contribution in [2.45, 2.75) is 37.5 Å². The summed E-state index contributed by atoms with van der Waals surface area (Å²) in [4.78, 5) is 13.9. The van der Waals surface area contributed by atoms with Gasteiger partial charge in [0, 0.05) is 24.8 Å². The highest BCUT2D eigenvalue weighted by Gasteiger charge is 2.38. The molecule has 1 saturated heterocycles. The Bertz CT molecular complexity index is 589. The van der Waals surface area contributed by atoms with Crippen molar-refractivity contribution in [1.29, 1.82) is 0 Å². The Hall–Kier alpha value is -1.57. The molecular formula is C16H23BN2O4. The number of aliphatic carboxylic acids is 1. The summed E-state index contributed by atoms with van der Waals surface area (Å²) in [6, 6.07) is 6.25. The molecule has 1 aliphatic carbocycles. The molecule has 1 aromatic carbocycles. The lowest BCUT2D eigenvalue weighted by Gasteiger charge is -2.39. The largest absolute Gasteiger partial charge is 0.481 e. The number of hydrogen-bond acceptors (Lipinski definition) is 5. The lowest BCUT2D eigenvalue weighted by Crippen LogP contribution is -2.55. The summed E-state index contributed by atoms with van der Waals surface area (Å²) in [5, 5.41) is 27.5. The van der Waals surface area contributed by atoms with Crippen LogP contribution in [0.5, 0.6) is 0 Å². The van der Waals surface area contributed by atoms with E-state index < -0.39 is 19.0 Å². The SMILES string of the molecule is NC1CN(c2ccc3c(c2)C[C@H](CCCB(O)O)[C@@H]3C(=O)O)C1. The molecule has 0 aromatic heterocycles. The van der Waals surface area contributed by atoms with E-state index in [4.69, 9.17) is 15.8 Å².